The minimum absolute atomic E-state index is 0.0526. The Morgan fingerprint density at radius 2 is 2.00 bits per heavy atom. The summed E-state index contributed by atoms with van der Waals surface area (Å²) in [7, 11) is 0. The molecule has 1 amide bonds. The van der Waals surface area contributed by atoms with Crippen molar-refractivity contribution in [3.05, 3.63) is 27.8 Å². The molecule has 0 aromatic heterocycles. The molecule has 1 N–H and O–H groups in total. The number of rotatable bonds is 3. The summed E-state index contributed by atoms with van der Waals surface area (Å²) in [6, 6.07) is 7.90. The first-order valence-corrected chi connectivity index (χ1v) is 6.31. The molecule has 1 aromatic rings. The second-order valence-electron chi connectivity index (χ2n) is 4.09. The van der Waals surface area contributed by atoms with Gasteiger partial charge >= 0.3 is 0 Å². The molecular formula is C12H14INO. The van der Waals surface area contributed by atoms with E-state index in [9.17, 15) is 4.79 Å². The molecule has 0 unspecified atom stereocenters. The van der Waals surface area contributed by atoms with Crippen molar-refractivity contribution in [2.75, 3.05) is 5.32 Å². The molecule has 0 heterocycles. The zero-order valence-corrected chi connectivity index (χ0v) is 10.9. The van der Waals surface area contributed by atoms with Gasteiger partial charge in [-0.15, -0.1) is 0 Å². The minimum atomic E-state index is -0.0526. The van der Waals surface area contributed by atoms with Crippen molar-refractivity contribution in [1.29, 1.82) is 0 Å². The van der Waals surface area contributed by atoms with Gasteiger partial charge in [-0.05, 0) is 66.1 Å². The summed E-state index contributed by atoms with van der Waals surface area (Å²) in [5.41, 5.74) is 0.850. The predicted octanol–water partition coefficient (Wildman–Crippen LogP) is 3.42. The number of carbonyl (C=O) groups is 1. The van der Waals surface area contributed by atoms with E-state index in [2.05, 4.69) is 34.8 Å². The number of amides is 1. The van der Waals surface area contributed by atoms with Gasteiger partial charge in [-0.3, -0.25) is 4.79 Å². The molecule has 1 aromatic carbocycles. The van der Waals surface area contributed by atoms with E-state index in [0.29, 0.717) is 0 Å². The van der Waals surface area contributed by atoms with E-state index in [1.54, 1.807) is 0 Å². The maximum absolute atomic E-state index is 11.9. The maximum atomic E-state index is 11.9. The molecule has 1 fully saturated rings. The van der Waals surface area contributed by atoms with Gasteiger partial charge in [-0.1, -0.05) is 6.92 Å². The van der Waals surface area contributed by atoms with Crippen molar-refractivity contribution in [3.63, 3.8) is 0 Å². The second-order valence-corrected chi connectivity index (χ2v) is 5.34. The summed E-state index contributed by atoms with van der Waals surface area (Å²) in [4.78, 5) is 11.9. The number of benzene rings is 1. The lowest BCUT2D eigenvalue weighted by Crippen LogP contribution is -2.23. The summed E-state index contributed by atoms with van der Waals surface area (Å²) >= 11 is 2.25. The van der Waals surface area contributed by atoms with Crippen LogP contribution >= 0.6 is 22.6 Å². The number of hydrogen-bond donors (Lipinski definition) is 1. The Morgan fingerprint density at radius 3 is 2.47 bits per heavy atom. The van der Waals surface area contributed by atoms with Gasteiger partial charge in [-0.25, -0.2) is 0 Å². The van der Waals surface area contributed by atoms with Gasteiger partial charge in [-0.2, -0.15) is 0 Å². The molecule has 2 rings (SSSR count). The molecule has 80 valence electrons. The SMILES string of the molecule is CCC1(C(=O)Nc2ccc(I)cc2)CC1. The summed E-state index contributed by atoms with van der Waals surface area (Å²) in [5.74, 6) is 0.186. The van der Waals surface area contributed by atoms with E-state index in [1.807, 2.05) is 24.3 Å². The Morgan fingerprint density at radius 1 is 1.40 bits per heavy atom. The third-order valence-corrected chi connectivity index (χ3v) is 3.83. The molecule has 15 heavy (non-hydrogen) atoms. The number of anilines is 1. The largest absolute Gasteiger partial charge is 0.326 e. The van der Waals surface area contributed by atoms with Crippen LogP contribution in [0.25, 0.3) is 0 Å². The van der Waals surface area contributed by atoms with Crippen LogP contribution in [0.2, 0.25) is 0 Å². The lowest BCUT2D eigenvalue weighted by molar-refractivity contribution is -0.121. The molecule has 0 saturated heterocycles. The van der Waals surface area contributed by atoms with E-state index in [1.165, 1.54) is 3.57 Å². The molecule has 0 spiro atoms. The molecule has 2 nitrogen and oxygen atoms in total. The van der Waals surface area contributed by atoms with E-state index < -0.39 is 0 Å². The second kappa shape index (κ2) is 4.12. The van der Waals surface area contributed by atoms with Gasteiger partial charge in [0.05, 0.1) is 0 Å². The first kappa shape index (κ1) is 10.9. The van der Waals surface area contributed by atoms with Gasteiger partial charge in [0.1, 0.15) is 0 Å². The summed E-state index contributed by atoms with van der Waals surface area (Å²) in [6.07, 6.45) is 3.03. The van der Waals surface area contributed by atoms with Crippen LogP contribution < -0.4 is 5.32 Å². The van der Waals surface area contributed by atoms with Gasteiger partial charge in [0.2, 0.25) is 5.91 Å². The molecule has 0 bridgehead atoms. The van der Waals surface area contributed by atoms with Gasteiger partial charge in [0, 0.05) is 14.7 Å². The molecule has 1 saturated carbocycles. The molecule has 0 atom stereocenters. The standard InChI is InChI=1S/C12H14INO/c1-2-12(7-8-12)11(15)14-10-5-3-9(13)4-6-10/h3-6H,2,7-8H2,1H3,(H,14,15). The van der Waals surface area contributed by atoms with Crippen LogP contribution in [0.4, 0.5) is 5.69 Å². The summed E-state index contributed by atoms with van der Waals surface area (Å²) in [5, 5.41) is 2.98. The average molecular weight is 315 g/mol. The fraction of sp³-hybridized carbons (Fsp3) is 0.417. The van der Waals surface area contributed by atoms with Gasteiger partial charge in [0.25, 0.3) is 0 Å². The lowest BCUT2D eigenvalue weighted by atomic mass is 10.0. The van der Waals surface area contributed by atoms with Crippen LogP contribution in [0, 0.1) is 8.99 Å². The highest BCUT2D eigenvalue weighted by molar-refractivity contribution is 14.1. The molecule has 3 heteroatoms. The highest BCUT2D eigenvalue weighted by atomic mass is 127. The highest BCUT2D eigenvalue weighted by Crippen LogP contribution is 2.49. The highest BCUT2D eigenvalue weighted by Gasteiger charge is 2.47. The van der Waals surface area contributed by atoms with Crippen LogP contribution in [-0.4, -0.2) is 5.91 Å². The Kier molecular flexibility index (Phi) is 3.00. The third-order valence-electron chi connectivity index (χ3n) is 3.11. The fourth-order valence-electron chi connectivity index (χ4n) is 1.69. The van der Waals surface area contributed by atoms with E-state index >= 15 is 0 Å². The molecule has 0 radical (unpaired) electrons. The van der Waals surface area contributed by atoms with E-state index in [0.717, 1.165) is 24.9 Å². The molecule has 0 aliphatic heterocycles. The van der Waals surface area contributed by atoms with Crippen molar-refractivity contribution < 1.29 is 4.79 Å². The van der Waals surface area contributed by atoms with Gasteiger partial charge < -0.3 is 5.32 Å². The van der Waals surface area contributed by atoms with Crippen molar-refractivity contribution >= 4 is 34.2 Å². The van der Waals surface area contributed by atoms with Crippen LogP contribution in [0.1, 0.15) is 26.2 Å². The number of nitrogens with one attached hydrogen (secondary N) is 1. The Balaban J connectivity index is 2.03. The zero-order chi connectivity index (χ0) is 10.9. The first-order chi connectivity index (χ1) is 7.16. The monoisotopic (exact) mass is 315 g/mol. The quantitative estimate of drug-likeness (QED) is 0.851. The number of carbonyl (C=O) groups excluding carboxylic acids is 1. The first-order valence-electron chi connectivity index (χ1n) is 5.23. The normalized spacial score (nSPS) is 17.2. The Labute approximate surface area is 104 Å². The Bertz CT molecular complexity index is 368. The van der Waals surface area contributed by atoms with Crippen molar-refractivity contribution in [3.8, 4) is 0 Å². The molecule has 1 aliphatic carbocycles. The van der Waals surface area contributed by atoms with Crippen molar-refractivity contribution in [1.82, 2.24) is 0 Å². The smallest absolute Gasteiger partial charge is 0.230 e. The average Bonchev–Trinajstić information content (AvgIpc) is 3.02. The van der Waals surface area contributed by atoms with E-state index in [4.69, 9.17) is 0 Å². The minimum Gasteiger partial charge on any atom is -0.326 e. The van der Waals surface area contributed by atoms with Gasteiger partial charge in [0.15, 0.2) is 0 Å². The zero-order valence-electron chi connectivity index (χ0n) is 8.72. The molecule has 1 aliphatic rings. The fourth-order valence-corrected chi connectivity index (χ4v) is 2.05. The molecular weight excluding hydrogens is 301 g/mol. The van der Waals surface area contributed by atoms with Crippen LogP contribution in [0.3, 0.4) is 0 Å². The Hall–Kier alpha value is -0.580. The predicted molar refractivity (Wildman–Crippen MR) is 69.7 cm³/mol. The van der Waals surface area contributed by atoms with Crippen LogP contribution in [0.5, 0.6) is 0 Å². The lowest BCUT2D eigenvalue weighted by Gasteiger charge is -2.12. The summed E-state index contributed by atoms with van der Waals surface area (Å²) in [6.45, 7) is 2.08. The van der Waals surface area contributed by atoms with Crippen LogP contribution in [-0.2, 0) is 4.79 Å². The van der Waals surface area contributed by atoms with Crippen molar-refractivity contribution in [2.24, 2.45) is 5.41 Å². The van der Waals surface area contributed by atoms with Crippen molar-refractivity contribution in [2.45, 2.75) is 26.2 Å². The third kappa shape index (κ3) is 2.33. The summed E-state index contributed by atoms with van der Waals surface area (Å²) < 4.78 is 1.18. The number of hydrogen-bond acceptors (Lipinski definition) is 1. The topological polar surface area (TPSA) is 29.1 Å². The van der Waals surface area contributed by atoms with E-state index in [-0.39, 0.29) is 11.3 Å². The number of halogens is 1. The van der Waals surface area contributed by atoms with Crippen LogP contribution in [0.15, 0.2) is 24.3 Å². The maximum Gasteiger partial charge on any atom is 0.230 e.